The number of halogens is 1. The molecule has 3 saturated carbocycles. The highest BCUT2D eigenvalue weighted by Crippen LogP contribution is 2.65. The summed E-state index contributed by atoms with van der Waals surface area (Å²) in [6, 6.07) is 5.81. The molecular formula is C15H17BrN2O. The lowest BCUT2D eigenvalue weighted by Crippen LogP contribution is -2.29. The van der Waals surface area contributed by atoms with Gasteiger partial charge in [-0.3, -0.25) is 4.79 Å². The molecule has 3 aliphatic carbocycles. The first kappa shape index (κ1) is 11.8. The van der Waals surface area contributed by atoms with Gasteiger partial charge in [0.15, 0.2) is 0 Å². The minimum absolute atomic E-state index is 0.0412. The standard InChI is InChI=1S/C15H17BrN2O/c16-10-6-9(3-4-11(10)17)15(19)18-14-12-7-1-2-8(5-7)13(12)14/h3-4,6-8,12-14H,1-2,5,17H2,(H,18,19). The molecule has 3 nitrogen and oxygen atoms in total. The maximum absolute atomic E-state index is 12.3. The van der Waals surface area contributed by atoms with Gasteiger partial charge in [0, 0.05) is 21.8 Å². The summed E-state index contributed by atoms with van der Waals surface area (Å²) in [7, 11) is 0. The molecule has 0 heterocycles. The Hall–Kier alpha value is -1.03. The molecule has 4 heteroatoms. The highest BCUT2D eigenvalue weighted by molar-refractivity contribution is 9.10. The summed E-state index contributed by atoms with van der Waals surface area (Å²) in [5, 5.41) is 3.22. The molecule has 1 amide bonds. The van der Waals surface area contributed by atoms with Gasteiger partial charge in [-0.2, -0.15) is 0 Å². The number of fused-ring (bicyclic) bond motifs is 5. The zero-order valence-corrected chi connectivity index (χ0v) is 12.2. The molecule has 0 aromatic heterocycles. The first-order chi connectivity index (χ1) is 9.15. The van der Waals surface area contributed by atoms with Gasteiger partial charge < -0.3 is 11.1 Å². The van der Waals surface area contributed by atoms with Gasteiger partial charge in [0.05, 0.1) is 0 Å². The monoisotopic (exact) mass is 320 g/mol. The van der Waals surface area contributed by atoms with Gasteiger partial charge in [0.25, 0.3) is 5.91 Å². The van der Waals surface area contributed by atoms with E-state index in [4.69, 9.17) is 5.73 Å². The second kappa shape index (κ2) is 3.98. The Kier molecular flexibility index (Phi) is 2.47. The van der Waals surface area contributed by atoms with Crippen molar-refractivity contribution < 1.29 is 4.79 Å². The Balaban J connectivity index is 1.46. The number of amides is 1. The quantitative estimate of drug-likeness (QED) is 0.823. The van der Waals surface area contributed by atoms with Gasteiger partial charge in [-0.25, -0.2) is 0 Å². The molecule has 0 spiro atoms. The maximum atomic E-state index is 12.3. The van der Waals surface area contributed by atoms with Crippen LogP contribution in [0.1, 0.15) is 29.6 Å². The van der Waals surface area contributed by atoms with E-state index in [0.717, 1.165) is 28.1 Å². The molecule has 4 atom stereocenters. The number of hydrogen-bond acceptors (Lipinski definition) is 2. The summed E-state index contributed by atoms with van der Waals surface area (Å²) in [5.41, 5.74) is 7.10. The van der Waals surface area contributed by atoms with Crippen LogP contribution in [0, 0.1) is 23.7 Å². The van der Waals surface area contributed by atoms with Crippen molar-refractivity contribution in [2.24, 2.45) is 23.7 Å². The normalized spacial score (nSPS) is 38.1. The van der Waals surface area contributed by atoms with Crippen molar-refractivity contribution >= 4 is 27.5 Å². The number of nitrogens with one attached hydrogen (secondary N) is 1. The van der Waals surface area contributed by atoms with Crippen LogP contribution in [0.15, 0.2) is 22.7 Å². The van der Waals surface area contributed by atoms with Crippen molar-refractivity contribution in [3.8, 4) is 0 Å². The minimum Gasteiger partial charge on any atom is -0.398 e. The third-order valence-corrected chi connectivity index (χ3v) is 5.98. The number of nitrogens with two attached hydrogens (primary N) is 1. The first-order valence-electron chi connectivity index (χ1n) is 7.01. The fraction of sp³-hybridized carbons (Fsp3) is 0.533. The highest BCUT2D eigenvalue weighted by Gasteiger charge is 2.65. The lowest BCUT2D eigenvalue weighted by molar-refractivity contribution is 0.0944. The summed E-state index contributed by atoms with van der Waals surface area (Å²) < 4.78 is 0.788. The Morgan fingerprint density at radius 3 is 2.58 bits per heavy atom. The number of benzene rings is 1. The van der Waals surface area contributed by atoms with Crippen molar-refractivity contribution in [1.29, 1.82) is 0 Å². The zero-order valence-electron chi connectivity index (χ0n) is 10.6. The van der Waals surface area contributed by atoms with Crippen molar-refractivity contribution in [3.05, 3.63) is 28.2 Å². The van der Waals surface area contributed by atoms with E-state index in [1.807, 2.05) is 0 Å². The van der Waals surface area contributed by atoms with Crippen LogP contribution in [-0.2, 0) is 0 Å². The predicted molar refractivity (Wildman–Crippen MR) is 77.6 cm³/mol. The molecule has 0 aliphatic heterocycles. The van der Waals surface area contributed by atoms with E-state index in [1.54, 1.807) is 18.2 Å². The molecule has 4 rings (SSSR count). The van der Waals surface area contributed by atoms with E-state index in [9.17, 15) is 4.79 Å². The molecule has 100 valence electrons. The number of anilines is 1. The Morgan fingerprint density at radius 2 is 1.95 bits per heavy atom. The Labute approximate surface area is 121 Å². The Bertz CT molecular complexity index is 543. The molecule has 0 radical (unpaired) electrons. The maximum Gasteiger partial charge on any atom is 0.251 e. The minimum atomic E-state index is 0.0412. The average Bonchev–Trinajstić information content (AvgIpc) is 2.81. The topological polar surface area (TPSA) is 55.1 Å². The fourth-order valence-corrected chi connectivity index (χ4v) is 4.80. The Morgan fingerprint density at radius 1 is 1.26 bits per heavy atom. The van der Waals surface area contributed by atoms with Crippen LogP contribution in [0.2, 0.25) is 0 Å². The van der Waals surface area contributed by atoms with Crippen LogP contribution in [0.4, 0.5) is 5.69 Å². The average molecular weight is 321 g/mol. The molecule has 4 unspecified atom stereocenters. The van der Waals surface area contributed by atoms with Crippen LogP contribution >= 0.6 is 15.9 Å². The summed E-state index contributed by atoms with van der Waals surface area (Å²) in [6.07, 6.45) is 4.17. The largest absolute Gasteiger partial charge is 0.398 e. The van der Waals surface area contributed by atoms with Crippen LogP contribution in [0.5, 0.6) is 0 Å². The SMILES string of the molecule is Nc1ccc(C(=O)NC2C3C4CCC(C4)C23)cc1Br. The lowest BCUT2D eigenvalue weighted by atomic mass is 10.0. The highest BCUT2D eigenvalue weighted by atomic mass is 79.9. The van der Waals surface area contributed by atoms with Gasteiger partial charge in [0.2, 0.25) is 0 Å². The third kappa shape index (κ3) is 1.72. The van der Waals surface area contributed by atoms with Crippen molar-refractivity contribution in [3.63, 3.8) is 0 Å². The molecule has 1 aromatic rings. The number of carbonyl (C=O) groups is 1. The second-order valence-electron chi connectivity index (χ2n) is 6.22. The van der Waals surface area contributed by atoms with Crippen LogP contribution < -0.4 is 11.1 Å². The molecule has 19 heavy (non-hydrogen) atoms. The van der Waals surface area contributed by atoms with Gasteiger partial charge in [-0.1, -0.05) is 0 Å². The van der Waals surface area contributed by atoms with Gasteiger partial charge in [-0.05, 0) is 77.1 Å². The summed E-state index contributed by atoms with van der Waals surface area (Å²) in [5.74, 6) is 3.37. The molecule has 3 fully saturated rings. The lowest BCUT2D eigenvalue weighted by Gasteiger charge is -2.11. The third-order valence-electron chi connectivity index (χ3n) is 5.30. The molecule has 1 aromatic carbocycles. The summed E-state index contributed by atoms with van der Waals surface area (Å²) in [6.45, 7) is 0. The molecule has 3 N–H and O–H groups in total. The van der Waals surface area contributed by atoms with E-state index in [-0.39, 0.29) is 5.91 Å². The summed E-state index contributed by atoms with van der Waals surface area (Å²) >= 11 is 3.37. The van der Waals surface area contributed by atoms with E-state index in [0.29, 0.717) is 17.3 Å². The molecule has 3 aliphatic rings. The van der Waals surface area contributed by atoms with Gasteiger partial charge >= 0.3 is 0 Å². The fourth-order valence-electron chi connectivity index (χ4n) is 4.42. The summed E-state index contributed by atoms with van der Waals surface area (Å²) in [4.78, 5) is 12.3. The molecule has 2 bridgehead atoms. The van der Waals surface area contributed by atoms with E-state index in [2.05, 4.69) is 21.2 Å². The van der Waals surface area contributed by atoms with E-state index < -0.39 is 0 Å². The van der Waals surface area contributed by atoms with Gasteiger partial charge in [-0.15, -0.1) is 0 Å². The predicted octanol–water partition coefficient (Wildman–Crippen LogP) is 2.81. The van der Waals surface area contributed by atoms with E-state index in [1.165, 1.54) is 19.3 Å². The second-order valence-corrected chi connectivity index (χ2v) is 7.08. The smallest absolute Gasteiger partial charge is 0.251 e. The van der Waals surface area contributed by atoms with Gasteiger partial charge in [0.1, 0.15) is 0 Å². The van der Waals surface area contributed by atoms with Crippen LogP contribution in [0.3, 0.4) is 0 Å². The number of rotatable bonds is 2. The number of hydrogen-bond donors (Lipinski definition) is 2. The first-order valence-corrected chi connectivity index (χ1v) is 7.80. The molecule has 0 saturated heterocycles. The van der Waals surface area contributed by atoms with Crippen LogP contribution in [-0.4, -0.2) is 11.9 Å². The van der Waals surface area contributed by atoms with E-state index >= 15 is 0 Å². The van der Waals surface area contributed by atoms with Crippen molar-refractivity contribution in [2.75, 3.05) is 5.73 Å². The van der Waals surface area contributed by atoms with Crippen molar-refractivity contribution in [2.45, 2.75) is 25.3 Å². The zero-order chi connectivity index (χ0) is 13.1. The van der Waals surface area contributed by atoms with Crippen molar-refractivity contribution in [1.82, 2.24) is 5.32 Å². The molecular weight excluding hydrogens is 304 g/mol. The van der Waals surface area contributed by atoms with Crippen LogP contribution in [0.25, 0.3) is 0 Å². The number of nitrogen functional groups attached to an aromatic ring is 1. The number of carbonyl (C=O) groups excluding carboxylic acids is 1.